The highest BCUT2D eigenvalue weighted by molar-refractivity contribution is 6.30. The summed E-state index contributed by atoms with van der Waals surface area (Å²) in [5.74, 6) is -0.445. The Labute approximate surface area is 112 Å². The van der Waals surface area contributed by atoms with Gasteiger partial charge in [0, 0.05) is 5.02 Å². The molecule has 18 heavy (non-hydrogen) atoms. The Morgan fingerprint density at radius 3 is 2.67 bits per heavy atom. The molecule has 0 aliphatic rings. The number of hydrogen-bond donors (Lipinski definition) is 1. The predicted octanol–water partition coefficient (Wildman–Crippen LogP) is 2.64. The van der Waals surface area contributed by atoms with Gasteiger partial charge < -0.3 is 9.84 Å². The molecular formula is C13H18ClNO3. The van der Waals surface area contributed by atoms with E-state index in [2.05, 4.69) is 0 Å². The van der Waals surface area contributed by atoms with E-state index in [0.29, 0.717) is 10.8 Å². The van der Waals surface area contributed by atoms with Gasteiger partial charge in [-0.15, -0.1) is 0 Å². The first kappa shape index (κ1) is 14.8. The van der Waals surface area contributed by atoms with Crippen LogP contribution in [-0.2, 0) is 11.2 Å². The minimum absolute atomic E-state index is 0.572. The van der Waals surface area contributed by atoms with E-state index in [4.69, 9.17) is 21.4 Å². The molecule has 1 rings (SSSR count). The number of carbonyl (C=O) groups is 1. The van der Waals surface area contributed by atoms with Gasteiger partial charge in [-0.2, -0.15) is 0 Å². The molecule has 1 N–H and O–H groups in total. The molecule has 0 fully saturated rings. The number of benzene rings is 1. The number of ether oxygens (including phenoxy) is 1. The van der Waals surface area contributed by atoms with Crippen molar-refractivity contribution in [3.63, 3.8) is 0 Å². The number of aliphatic carboxylic acids is 1. The monoisotopic (exact) mass is 271 g/mol. The van der Waals surface area contributed by atoms with Crippen molar-refractivity contribution in [3.05, 3.63) is 28.8 Å². The number of aryl methyl sites for hydroxylation is 1. The highest BCUT2D eigenvalue weighted by Gasteiger charge is 2.22. The van der Waals surface area contributed by atoms with Crippen molar-refractivity contribution in [3.8, 4) is 5.75 Å². The highest BCUT2D eigenvalue weighted by atomic mass is 35.5. The second kappa shape index (κ2) is 6.61. The molecule has 100 valence electrons. The molecule has 0 aromatic heterocycles. The summed E-state index contributed by atoms with van der Waals surface area (Å²) < 4.78 is 5.54. The average Bonchev–Trinajstić information content (AvgIpc) is 2.27. The predicted molar refractivity (Wildman–Crippen MR) is 71.2 cm³/mol. The van der Waals surface area contributed by atoms with E-state index in [1.54, 1.807) is 26.2 Å². The van der Waals surface area contributed by atoms with Crippen molar-refractivity contribution in [1.82, 2.24) is 4.90 Å². The van der Waals surface area contributed by atoms with Crippen LogP contribution in [0.5, 0.6) is 5.75 Å². The second-order valence-corrected chi connectivity index (χ2v) is 4.71. The summed E-state index contributed by atoms with van der Waals surface area (Å²) in [5.41, 5.74) is 0.929. The molecule has 1 atom stereocenters. The molecule has 0 aliphatic heterocycles. The third kappa shape index (κ3) is 3.89. The molecule has 4 nitrogen and oxygen atoms in total. The third-order valence-electron chi connectivity index (χ3n) is 2.46. The summed E-state index contributed by atoms with van der Waals surface area (Å²) >= 11 is 5.93. The Morgan fingerprint density at radius 2 is 2.17 bits per heavy atom. The Morgan fingerprint density at radius 1 is 1.50 bits per heavy atom. The fraction of sp³-hybridized carbons (Fsp3) is 0.462. The highest BCUT2D eigenvalue weighted by Crippen LogP contribution is 2.25. The van der Waals surface area contributed by atoms with E-state index in [-0.39, 0.29) is 0 Å². The fourth-order valence-electron chi connectivity index (χ4n) is 1.62. The van der Waals surface area contributed by atoms with Crippen molar-refractivity contribution in [2.45, 2.75) is 26.0 Å². The quantitative estimate of drug-likeness (QED) is 0.808. The van der Waals surface area contributed by atoms with Crippen LogP contribution in [0.3, 0.4) is 0 Å². The Kier molecular flexibility index (Phi) is 5.44. The van der Waals surface area contributed by atoms with Gasteiger partial charge in [0.05, 0.1) is 0 Å². The average molecular weight is 272 g/mol. The van der Waals surface area contributed by atoms with E-state index in [1.165, 1.54) is 4.90 Å². The van der Waals surface area contributed by atoms with Crippen molar-refractivity contribution in [2.75, 3.05) is 14.1 Å². The van der Waals surface area contributed by atoms with Crippen molar-refractivity contribution in [1.29, 1.82) is 0 Å². The Bertz CT molecular complexity index is 421. The Balaban J connectivity index is 2.97. The molecule has 0 heterocycles. The van der Waals surface area contributed by atoms with Gasteiger partial charge in [0.1, 0.15) is 5.75 Å². The van der Waals surface area contributed by atoms with Gasteiger partial charge in [-0.3, -0.25) is 4.90 Å². The first-order chi connectivity index (χ1) is 8.45. The van der Waals surface area contributed by atoms with Crippen molar-refractivity contribution < 1.29 is 14.6 Å². The summed E-state index contributed by atoms with van der Waals surface area (Å²) in [6.07, 6.45) is 0.744. The number of nitrogens with zero attached hydrogens (tertiary/aromatic N) is 1. The minimum atomic E-state index is -1.02. The topological polar surface area (TPSA) is 49.8 Å². The first-order valence-corrected chi connectivity index (χ1v) is 6.17. The van der Waals surface area contributed by atoms with Gasteiger partial charge in [0.25, 0.3) is 0 Å². The molecule has 0 saturated heterocycles. The second-order valence-electron chi connectivity index (χ2n) is 4.27. The lowest BCUT2D eigenvalue weighted by Crippen LogP contribution is -2.40. The SMILES string of the molecule is CCCc1cc(Cl)ccc1OC(C(=O)O)N(C)C. The summed E-state index contributed by atoms with van der Waals surface area (Å²) in [6.45, 7) is 2.05. The number of carboxylic acids is 1. The van der Waals surface area contributed by atoms with Crippen LogP contribution in [0.15, 0.2) is 18.2 Å². The molecule has 0 amide bonds. The molecule has 0 bridgehead atoms. The third-order valence-corrected chi connectivity index (χ3v) is 2.70. The maximum absolute atomic E-state index is 11.1. The van der Waals surface area contributed by atoms with Crippen LogP contribution in [0.1, 0.15) is 18.9 Å². The van der Waals surface area contributed by atoms with E-state index >= 15 is 0 Å². The molecule has 0 radical (unpaired) electrons. The molecular weight excluding hydrogens is 254 g/mol. The van der Waals surface area contributed by atoms with Gasteiger partial charge in [-0.05, 0) is 44.3 Å². The minimum Gasteiger partial charge on any atom is -0.477 e. The molecule has 0 aliphatic carbocycles. The lowest BCUT2D eigenvalue weighted by molar-refractivity contribution is -0.152. The lowest BCUT2D eigenvalue weighted by Gasteiger charge is -2.22. The zero-order chi connectivity index (χ0) is 13.7. The zero-order valence-electron chi connectivity index (χ0n) is 10.8. The van der Waals surface area contributed by atoms with Crippen LogP contribution in [0.4, 0.5) is 0 Å². The first-order valence-electron chi connectivity index (χ1n) is 5.80. The number of halogens is 1. The van der Waals surface area contributed by atoms with E-state index in [9.17, 15) is 4.79 Å². The van der Waals surface area contributed by atoms with Crippen molar-refractivity contribution >= 4 is 17.6 Å². The summed E-state index contributed by atoms with van der Waals surface area (Å²) in [7, 11) is 3.32. The maximum atomic E-state index is 11.1. The van der Waals surface area contributed by atoms with Crippen molar-refractivity contribution in [2.24, 2.45) is 0 Å². The van der Waals surface area contributed by atoms with E-state index in [1.807, 2.05) is 13.0 Å². The molecule has 0 saturated carbocycles. The molecule has 1 aromatic carbocycles. The normalized spacial score (nSPS) is 12.5. The van der Waals surface area contributed by atoms with Crippen LogP contribution < -0.4 is 4.74 Å². The summed E-state index contributed by atoms with van der Waals surface area (Å²) in [6, 6.07) is 5.23. The number of hydrogen-bond acceptors (Lipinski definition) is 3. The Hall–Kier alpha value is -1.26. The van der Waals surface area contributed by atoms with Crippen LogP contribution in [-0.4, -0.2) is 36.3 Å². The molecule has 0 spiro atoms. The van der Waals surface area contributed by atoms with Crippen LogP contribution in [0, 0.1) is 0 Å². The van der Waals surface area contributed by atoms with Crippen LogP contribution >= 0.6 is 11.6 Å². The van der Waals surface area contributed by atoms with Gasteiger partial charge in [0.15, 0.2) is 0 Å². The van der Waals surface area contributed by atoms with Crippen LogP contribution in [0.25, 0.3) is 0 Å². The van der Waals surface area contributed by atoms with Gasteiger partial charge in [0.2, 0.25) is 6.23 Å². The van der Waals surface area contributed by atoms with Gasteiger partial charge in [-0.1, -0.05) is 24.9 Å². The smallest absolute Gasteiger partial charge is 0.360 e. The molecule has 1 aromatic rings. The fourth-order valence-corrected chi connectivity index (χ4v) is 1.82. The number of likely N-dealkylation sites (N-methyl/N-ethyl adjacent to an activating group) is 1. The lowest BCUT2D eigenvalue weighted by atomic mass is 10.1. The molecule has 5 heteroatoms. The maximum Gasteiger partial charge on any atom is 0.360 e. The van der Waals surface area contributed by atoms with E-state index in [0.717, 1.165) is 18.4 Å². The largest absolute Gasteiger partial charge is 0.477 e. The van der Waals surface area contributed by atoms with E-state index < -0.39 is 12.2 Å². The standard InChI is InChI=1S/C13H18ClNO3/c1-4-5-9-8-10(14)6-7-11(9)18-12(13(16)17)15(2)3/h6-8,12H,4-5H2,1-3H3,(H,16,17). The van der Waals surface area contributed by atoms with Gasteiger partial charge in [-0.25, -0.2) is 4.79 Å². The molecule has 1 unspecified atom stereocenters. The number of carboxylic acid groups (broad SMARTS) is 1. The number of rotatable bonds is 6. The summed E-state index contributed by atoms with van der Waals surface area (Å²) in [4.78, 5) is 12.6. The zero-order valence-corrected chi connectivity index (χ0v) is 11.6. The summed E-state index contributed by atoms with van der Waals surface area (Å²) in [5, 5.41) is 9.71. The van der Waals surface area contributed by atoms with Crippen LogP contribution in [0.2, 0.25) is 5.02 Å². The van der Waals surface area contributed by atoms with Gasteiger partial charge >= 0.3 is 5.97 Å².